The molecule has 0 bridgehead atoms. The highest BCUT2D eigenvalue weighted by molar-refractivity contribution is 9.11. The van der Waals surface area contributed by atoms with Gasteiger partial charge in [-0.3, -0.25) is 0 Å². The molecule has 2 atom stereocenters. The van der Waals surface area contributed by atoms with Crippen LogP contribution in [0.25, 0.3) is 0 Å². The second kappa shape index (κ2) is 6.07. The second-order valence-electron chi connectivity index (χ2n) is 3.37. The molecule has 4 N–H and O–H groups in total. The fourth-order valence-corrected chi connectivity index (χ4v) is 2.96. The molecule has 1 aromatic carbocycles. The Bertz CT molecular complexity index is 353. The van der Waals surface area contributed by atoms with E-state index in [0.29, 0.717) is 14.5 Å². The highest BCUT2D eigenvalue weighted by Gasteiger charge is 2.23. The average Bonchev–Trinajstić information content (AvgIpc) is 2.16. The molecule has 0 saturated carbocycles. The molecule has 0 spiro atoms. The van der Waals surface area contributed by atoms with Gasteiger partial charge in [0.15, 0.2) is 0 Å². The Morgan fingerprint density at radius 3 is 2.19 bits per heavy atom. The van der Waals surface area contributed by atoms with Crippen molar-refractivity contribution in [3.8, 4) is 0 Å². The van der Waals surface area contributed by atoms with Crippen LogP contribution in [-0.4, -0.2) is 22.9 Å². The van der Waals surface area contributed by atoms with E-state index in [2.05, 4.69) is 31.9 Å². The summed E-state index contributed by atoms with van der Waals surface area (Å²) >= 11 is 6.29. The van der Waals surface area contributed by atoms with E-state index in [1.165, 1.54) is 12.1 Å². The Kier molecular flexibility index (Phi) is 5.33. The number of benzene rings is 1. The number of rotatable bonds is 4. The maximum absolute atomic E-state index is 13.0. The summed E-state index contributed by atoms with van der Waals surface area (Å²) in [6.45, 7) is 0.272. The van der Waals surface area contributed by atoms with Crippen LogP contribution in [0.15, 0.2) is 21.1 Å². The van der Waals surface area contributed by atoms with Crippen molar-refractivity contribution in [2.45, 2.75) is 18.6 Å². The summed E-state index contributed by atoms with van der Waals surface area (Å²) in [4.78, 5) is 0. The number of aliphatic hydroxyl groups excluding tert-OH is 2. The first-order valence-electron chi connectivity index (χ1n) is 4.68. The predicted molar refractivity (Wildman–Crippen MR) is 66.4 cm³/mol. The summed E-state index contributed by atoms with van der Waals surface area (Å²) < 4.78 is 13.8. The molecule has 0 amide bonds. The van der Waals surface area contributed by atoms with Gasteiger partial charge >= 0.3 is 0 Å². The molecule has 3 nitrogen and oxygen atoms in total. The molecule has 2 unspecified atom stereocenters. The van der Waals surface area contributed by atoms with E-state index in [1.54, 1.807) is 0 Å². The second-order valence-corrected chi connectivity index (χ2v) is 5.08. The number of hydrogen-bond acceptors (Lipinski definition) is 3. The van der Waals surface area contributed by atoms with Crippen LogP contribution in [0.1, 0.15) is 18.1 Å². The van der Waals surface area contributed by atoms with Gasteiger partial charge < -0.3 is 15.9 Å². The Morgan fingerprint density at radius 2 is 1.75 bits per heavy atom. The van der Waals surface area contributed by atoms with Crippen LogP contribution in [-0.2, 0) is 0 Å². The Hall–Kier alpha value is -0.0100. The lowest BCUT2D eigenvalue weighted by atomic mass is 10.0. The van der Waals surface area contributed by atoms with E-state index in [-0.39, 0.29) is 13.0 Å². The van der Waals surface area contributed by atoms with E-state index < -0.39 is 18.0 Å². The molecule has 0 aliphatic rings. The molecule has 0 aliphatic carbocycles. The van der Waals surface area contributed by atoms with Gasteiger partial charge in [-0.05, 0) is 25.1 Å². The number of hydrogen-bond donors (Lipinski definition) is 3. The minimum absolute atomic E-state index is 0.272. The van der Waals surface area contributed by atoms with Crippen molar-refractivity contribution in [1.82, 2.24) is 0 Å². The first-order valence-corrected chi connectivity index (χ1v) is 6.26. The summed E-state index contributed by atoms with van der Waals surface area (Å²) in [5.41, 5.74) is 5.71. The van der Waals surface area contributed by atoms with Crippen molar-refractivity contribution in [2.24, 2.45) is 5.73 Å². The molecule has 1 aromatic rings. The van der Waals surface area contributed by atoms with Crippen molar-refractivity contribution in [1.29, 1.82) is 0 Å². The number of nitrogens with two attached hydrogens (primary N) is 1. The average molecular weight is 357 g/mol. The minimum Gasteiger partial charge on any atom is -0.390 e. The molecule has 6 heteroatoms. The van der Waals surface area contributed by atoms with Gasteiger partial charge in [0.05, 0.1) is 6.10 Å². The Balaban J connectivity index is 3.03. The first-order chi connectivity index (χ1) is 7.47. The van der Waals surface area contributed by atoms with Crippen LogP contribution >= 0.6 is 31.9 Å². The van der Waals surface area contributed by atoms with Crippen molar-refractivity contribution in [3.63, 3.8) is 0 Å². The minimum atomic E-state index is -1.10. The van der Waals surface area contributed by atoms with E-state index in [1.807, 2.05) is 0 Å². The smallest absolute Gasteiger partial charge is 0.125 e. The Labute approximate surface area is 110 Å². The summed E-state index contributed by atoms with van der Waals surface area (Å²) in [5.74, 6) is -0.428. The molecule has 16 heavy (non-hydrogen) atoms. The molecule has 0 aliphatic heterocycles. The van der Waals surface area contributed by atoms with Gasteiger partial charge in [0.1, 0.15) is 11.9 Å². The van der Waals surface area contributed by atoms with Gasteiger partial charge in [-0.2, -0.15) is 0 Å². The molecular weight excluding hydrogens is 345 g/mol. The maximum Gasteiger partial charge on any atom is 0.125 e. The highest BCUT2D eigenvalue weighted by atomic mass is 79.9. The third-order valence-electron chi connectivity index (χ3n) is 2.17. The topological polar surface area (TPSA) is 66.5 Å². The molecule has 0 saturated heterocycles. The summed E-state index contributed by atoms with van der Waals surface area (Å²) in [6.07, 6.45) is -1.80. The van der Waals surface area contributed by atoms with Gasteiger partial charge in [0.25, 0.3) is 0 Å². The molecule has 90 valence electrons. The third kappa shape index (κ3) is 3.24. The van der Waals surface area contributed by atoms with Gasteiger partial charge in [-0.1, -0.05) is 31.9 Å². The first kappa shape index (κ1) is 14.1. The maximum atomic E-state index is 13.0. The zero-order chi connectivity index (χ0) is 12.3. The van der Waals surface area contributed by atoms with Gasteiger partial charge in [0, 0.05) is 14.5 Å². The summed E-state index contributed by atoms with van der Waals surface area (Å²) in [5, 5.41) is 19.5. The fraction of sp³-hybridized carbons (Fsp3) is 0.400. The number of aliphatic hydroxyl groups is 2. The molecular formula is C10H12Br2FNO2. The molecule has 0 radical (unpaired) electrons. The molecule has 0 fully saturated rings. The number of halogens is 3. The van der Waals surface area contributed by atoms with Crippen LogP contribution < -0.4 is 5.73 Å². The van der Waals surface area contributed by atoms with E-state index in [9.17, 15) is 14.6 Å². The highest BCUT2D eigenvalue weighted by Crippen LogP contribution is 2.34. The summed E-state index contributed by atoms with van der Waals surface area (Å²) in [7, 11) is 0. The standard InChI is InChI=1S/C10H12Br2FNO2/c11-6-3-5(13)4-7(12)9(6)10(16)8(15)1-2-14/h3-4,8,10,15-16H,1-2,14H2. The third-order valence-corrected chi connectivity index (χ3v) is 3.48. The van der Waals surface area contributed by atoms with Gasteiger partial charge in [-0.25, -0.2) is 4.39 Å². The lowest BCUT2D eigenvalue weighted by Crippen LogP contribution is -2.22. The lowest BCUT2D eigenvalue weighted by molar-refractivity contribution is 0.0141. The molecule has 0 aromatic heterocycles. The van der Waals surface area contributed by atoms with E-state index in [4.69, 9.17) is 5.73 Å². The van der Waals surface area contributed by atoms with Crippen LogP contribution in [0.2, 0.25) is 0 Å². The van der Waals surface area contributed by atoms with Crippen molar-refractivity contribution in [3.05, 3.63) is 32.5 Å². The van der Waals surface area contributed by atoms with Gasteiger partial charge in [0.2, 0.25) is 0 Å². The largest absolute Gasteiger partial charge is 0.390 e. The lowest BCUT2D eigenvalue weighted by Gasteiger charge is -2.20. The molecule has 0 heterocycles. The zero-order valence-corrected chi connectivity index (χ0v) is 11.5. The van der Waals surface area contributed by atoms with Crippen LogP contribution in [0, 0.1) is 5.82 Å². The SMILES string of the molecule is NCCC(O)C(O)c1c(Br)cc(F)cc1Br. The van der Waals surface area contributed by atoms with Crippen molar-refractivity contribution >= 4 is 31.9 Å². The Morgan fingerprint density at radius 1 is 1.25 bits per heavy atom. The van der Waals surface area contributed by atoms with Crippen LogP contribution in [0.4, 0.5) is 4.39 Å². The normalized spacial score (nSPS) is 14.9. The van der Waals surface area contributed by atoms with E-state index >= 15 is 0 Å². The monoisotopic (exact) mass is 355 g/mol. The van der Waals surface area contributed by atoms with Crippen molar-refractivity contribution < 1.29 is 14.6 Å². The van der Waals surface area contributed by atoms with Crippen LogP contribution in [0.3, 0.4) is 0 Å². The quantitative estimate of drug-likeness (QED) is 0.773. The predicted octanol–water partition coefficient (Wildman–Crippen LogP) is 2.09. The summed E-state index contributed by atoms with van der Waals surface area (Å²) in [6, 6.07) is 2.47. The van der Waals surface area contributed by atoms with Crippen molar-refractivity contribution in [2.75, 3.05) is 6.54 Å². The zero-order valence-electron chi connectivity index (χ0n) is 8.33. The van der Waals surface area contributed by atoms with E-state index in [0.717, 1.165) is 0 Å². The van der Waals surface area contributed by atoms with Gasteiger partial charge in [-0.15, -0.1) is 0 Å². The fourth-order valence-electron chi connectivity index (χ4n) is 1.36. The molecule has 1 rings (SSSR count). The van der Waals surface area contributed by atoms with Crippen LogP contribution in [0.5, 0.6) is 0 Å².